The van der Waals surface area contributed by atoms with Gasteiger partial charge in [0.25, 0.3) is 10.0 Å². The van der Waals surface area contributed by atoms with Crippen LogP contribution in [0.25, 0.3) is 0 Å². The maximum Gasteiger partial charge on any atom is 0.322 e. The average molecular weight is 322 g/mol. The number of aliphatic carboxylic acids is 1. The van der Waals surface area contributed by atoms with E-state index in [0.717, 1.165) is 4.31 Å². The normalized spacial score (nSPS) is 24.1. The van der Waals surface area contributed by atoms with Crippen LogP contribution in [0.1, 0.15) is 12.1 Å². The second kappa shape index (κ2) is 5.28. The van der Waals surface area contributed by atoms with E-state index in [9.17, 15) is 18.0 Å². The second-order valence-corrected chi connectivity index (χ2v) is 7.52. The van der Waals surface area contributed by atoms with Crippen molar-refractivity contribution < 1.29 is 23.1 Å². The molecule has 1 saturated heterocycles. The molecule has 0 spiro atoms. The van der Waals surface area contributed by atoms with Crippen molar-refractivity contribution in [2.24, 2.45) is 0 Å². The van der Waals surface area contributed by atoms with Crippen molar-refractivity contribution in [1.29, 1.82) is 0 Å². The molecule has 1 aromatic heterocycles. The lowest BCUT2D eigenvalue weighted by molar-refractivity contribution is -0.140. The Labute approximate surface area is 119 Å². The van der Waals surface area contributed by atoms with Crippen LogP contribution < -0.4 is 4.87 Å². The summed E-state index contributed by atoms with van der Waals surface area (Å²) in [5.41, 5.74) is 0.213. The number of thiazole rings is 1. The highest BCUT2D eigenvalue weighted by atomic mass is 32.2. The first-order chi connectivity index (χ1) is 9.27. The van der Waals surface area contributed by atoms with E-state index in [2.05, 4.69) is 4.98 Å². The van der Waals surface area contributed by atoms with E-state index in [0.29, 0.717) is 11.3 Å². The number of carboxylic acids is 1. The summed E-state index contributed by atoms with van der Waals surface area (Å²) in [7, 11) is -2.62. The van der Waals surface area contributed by atoms with Crippen molar-refractivity contribution in [2.75, 3.05) is 13.7 Å². The molecule has 20 heavy (non-hydrogen) atoms. The fraction of sp³-hybridized carbons (Fsp3) is 0.600. The van der Waals surface area contributed by atoms with Gasteiger partial charge in [-0.2, -0.15) is 4.31 Å². The van der Waals surface area contributed by atoms with E-state index in [4.69, 9.17) is 9.84 Å². The van der Waals surface area contributed by atoms with Crippen LogP contribution in [0.3, 0.4) is 0 Å². The molecule has 2 N–H and O–H groups in total. The molecule has 2 unspecified atom stereocenters. The smallest absolute Gasteiger partial charge is 0.322 e. The van der Waals surface area contributed by atoms with Gasteiger partial charge in [0.05, 0.1) is 6.10 Å². The predicted molar refractivity (Wildman–Crippen MR) is 70.4 cm³/mol. The lowest BCUT2D eigenvalue weighted by Crippen LogP contribution is -2.40. The summed E-state index contributed by atoms with van der Waals surface area (Å²) in [5.74, 6) is -1.23. The Morgan fingerprint density at radius 1 is 1.55 bits per heavy atom. The standard InChI is InChI=1S/C10H14N2O6S2/c1-5-9(19-10(15)11-5)20(16,17)12-4-6(18-2)3-7(12)8(13)14/h6-7H,3-4H2,1-2H3,(H,11,15)(H,13,14). The first-order valence-corrected chi connectivity index (χ1v) is 8.00. The molecule has 10 heteroatoms. The zero-order chi connectivity index (χ0) is 15.1. The molecule has 0 aromatic carbocycles. The average Bonchev–Trinajstić information content (AvgIpc) is 2.93. The van der Waals surface area contributed by atoms with Crippen LogP contribution in [-0.4, -0.2) is 54.6 Å². The van der Waals surface area contributed by atoms with Gasteiger partial charge in [-0.3, -0.25) is 9.59 Å². The molecule has 1 aliphatic heterocycles. The SMILES string of the molecule is COC1CC(C(=O)O)N(S(=O)(=O)c2sc(=O)[nH]c2C)C1. The van der Waals surface area contributed by atoms with E-state index < -0.39 is 33.0 Å². The van der Waals surface area contributed by atoms with Gasteiger partial charge in [0, 0.05) is 25.8 Å². The highest BCUT2D eigenvalue weighted by molar-refractivity contribution is 7.91. The Hall–Kier alpha value is -1.23. The van der Waals surface area contributed by atoms with Crippen LogP contribution >= 0.6 is 11.3 Å². The van der Waals surface area contributed by atoms with E-state index >= 15 is 0 Å². The lowest BCUT2D eigenvalue weighted by Gasteiger charge is -2.19. The van der Waals surface area contributed by atoms with Gasteiger partial charge < -0.3 is 14.8 Å². The number of ether oxygens (including phenoxy) is 1. The van der Waals surface area contributed by atoms with Crippen molar-refractivity contribution in [3.05, 3.63) is 15.4 Å². The van der Waals surface area contributed by atoms with Crippen molar-refractivity contribution in [2.45, 2.75) is 29.7 Å². The van der Waals surface area contributed by atoms with Crippen LogP contribution in [0, 0.1) is 6.92 Å². The zero-order valence-electron chi connectivity index (χ0n) is 10.8. The fourth-order valence-corrected chi connectivity index (χ4v) is 5.21. The van der Waals surface area contributed by atoms with E-state index in [-0.39, 0.29) is 22.9 Å². The van der Waals surface area contributed by atoms with Crippen molar-refractivity contribution in [3.63, 3.8) is 0 Å². The van der Waals surface area contributed by atoms with E-state index in [1.165, 1.54) is 14.0 Å². The van der Waals surface area contributed by atoms with Crippen LogP contribution in [-0.2, 0) is 19.6 Å². The molecule has 8 nitrogen and oxygen atoms in total. The summed E-state index contributed by atoms with van der Waals surface area (Å²) in [6, 6.07) is -1.18. The number of hydrogen-bond acceptors (Lipinski definition) is 6. The number of carboxylic acid groups (broad SMARTS) is 1. The Morgan fingerprint density at radius 3 is 2.65 bits per heavy atom. The summed E-state index contributed by atoms with van der Waals surface area (Å²) in [6.07, 6.45) is -0.384. The Bertz CT molecular complexity index is 676. The highest BCUT2D eigenvalue weighted by Gasteiger charge is 2.45. The third-order valence-electron chi connectivity index (χ3n) is 3.16. The van der Waals surface area contributed by atoms with Crippen molar-refractivity contribution >= 4 is 27.3 Å². The number of aromatic amines is 1. The number of hydrogen-bond donors (Lipinski definition) is 2. The molecule has 1 fully saturated rings. The minimum Gasteiger partial charge on any atom is -0.480 e. The molecule has 0 aliphatic carbocycles. The molecular weight excluding hydrogens is 308 g/mol. The van der Waals surface area contributed by atoms with E-state index in [1.54, 1.807) is 0 Å². The number of aryl methyl sites for hydroxylation is 1. The number of H-pyrrole nitrogens is 1. The molecule has 0 radical (unpaired) electrons. The molecule has 2 atom stereocenters. The largest absolute Gasteiger partial charge is 0.480 e. The second-order valence-electron chi connectivity index (χ2n) is 4.45. The van der Waals surface area contributed by atoms with Gasteiger partial charge >= 0.3 is 10.8 Å². The quantitative estimate of drug-likeness (QED) is 0.779. The van der Waals surface area contributed by atoms with Gasteiger partial charge in [0.15, 0.2) is 4.21 Å². The molecule has 2 rings (SSSR count). The monoisotopic (exact) mass is 322 g/mol. The molecule has 112 valence electrons. The third kappa shape index (κ3) is 2.51. The maximum absolute atomic E-state index is 12.5. The highest BCUT2D eigenvalue weighted by Crippen LogP contribution is 2.29. The summed E-state index contributed by atoms with van der Waals surface area (Å²) >= 11 is 0.556. The molecule has 0 bridgehead atoms. The third-order valence-corrected chi connectivity index (χ3v) is 6.62. The van der Waals surface area contributed by atoms with Crippen LogP contribution in [0.2, 0.25) is 0 Å². The fourth-order valence-electron chi connectivity index (χ4n) is 2.17. The van der Waals surface area contributed by atoms with Crippen molar-refractivity contribution in [1.82, 2.24) is 9.29 Å². The maximum atomic E-state index is 12.5. The van der Waals surface area contributed by atoms with Gasteiger partial charge in [-0.15, -0.1) is 0 Å². The van der Waals surface area contributed by atoms with Crippen molar-refractivity contribution in [3.8, 4) is 0 Å². The molecule has 1 aromatic rings. The van der Waals surface area contributed by atoms with E-state index in [1.807, 2.05) is 0 Å². The minimum absolute atomic E-state index is 0.0403. The topological polar surface area (TPSA) is 117 Å². The molecule has 0 saturated carbocycles. The number of aromatic nitrogens is 1. The van der Waals surface area contributed by atoms with Gasteiger partial charge in [-0.25, -0.2) is 8.42 Å². The number of carbonyl (C=O) groups is 1. The first-order valence-electron chi connectivity index (χ1n) is 5.74. The number of rotatable bonds is 4. The van der Waals surface area contributed by atoms with Crippen LogP contribution in [0.15, 0.2) is 9.00 Å². The summed E-state index contributed by atoms with van der Waals surface area (Å²) < 4.78 is 30.8. The van der Waals surface area contributed by atoms with Gasteiger partial charge in [0.2, 0.25) is 0 Å². The lowest BCUT2D eigenvalue weighted by atomic mass is 10.2. The van der Waals surface area contributed by atoms with Crippen LogP contribution in [0.4, 0.5) is 0 Å². The first kappa shape index (κ1) is 15.2. The molecule has 0 amide bonds. The molecule has 2 heterocycles. The van der Waals surface area contributed by atoms with Gasteiger partial charge in [0.1, 0.15) is 6.04 Å². The minimum atomic E-state index is -4.03. The zero-order valence-corrected chi connectivity index (χ0v) is 12.5. The molecular formula is C10H14N2O6S2. The van der Waals surface area contributed by atoms with Gasteiger partial charge in [-0.1, -0.05) is 11.3 Å². The Morgan fingerprint density at radius 2 is 2.20 bits per heavy atom. The number of nitrogens with one attached hydrogen (secondary N) is 1. The summed E-state index contributed by atoms with van der Waals surface area (Å²) in [5, 5.41) is 9.15. The number of sulfonamides is 1. The Balaban J connectivity index is 2.45. The summed E-state index contributed by atoms with van der Waals surface area (Å²) in [6.45, 7) is 1.42. The molecule has 1 aliphatic rings. The summed E-state index contributed by atoms with van der Waals surface area (Å²) in [4.78, 5) is 24.4. The van der Waals surface area contributed by atoms with Gasteiger partial charge in [-0.05, 0) is 6.92 Å². The number of nitrogens with zero attached hydrogens (tertiary/aromatic N) is 1. The predicted octanol–water partition coefficient (Wildman–Crippen LogP) is -0.393. The Kier molecular flexibility index (Phi) is 4.00. The number of methoxy groups -OCH3 is 1. The van der Waals surface area contributed by atoms with Crippen LogP contribution in [0.5, 0.6) is 0 Å².